The first-order chi connectivity index (χ1) is 8.89. The number of alkyl halides is 3. The van der Waals surface area contributed by atoms with Gasteiger partial charge < -0.3 is 15.2 Å². The summed E-state index contributed by atoms with van der Waals surface area (Å²) in [6, 6.07) is 0.339. The molecule has 0 aromatic carbocycles. The van der Waals surface area contributed by atoms with Crippen LogP contribution in [0.25, 0.3) is 0 Å². The maximum Gasteiger partial charge on any atom is 0.490 e. The number of hydrogen-bond donors (Lipinski definition) is 2. The second kappa shape index (κ2) is 6.92. The molecule has 1 rings (SSSR count). The summed E-state index contributed by atoms with van der Waals surface area (Å²) < 4.78 is 36.4. The third kappa shape index (κ3) is 6.23. The fraction of sp³-hybridized carbons (Fsp3) is 0.833. The third-order valence-electron chi connectivity index (χ3n) is 2.92. The van der Waals surface area contributed by atoms with E-state index in [1.165, 1.54) is 7.11 Å². The van der Waals surface area contributed by atoms with Gasteiger partial charge in [-0.05, 0) is 18.3 Å². The van der Waals surface area contributed by atoms with Gasteiger partial charge in [-0.25, -0.2) is 4.79 Å². The number of esters is 1. The topological polar surface area (TPSA) is 75.6 Å². The van der Waals surface area contributed by atoms with E-state index in [1.807, 2.05) is 0 Å². The smallest absolute Gasteiger partial charge is 0.475 e. The van der Waals surface area contributed by atoms with Gasteiger partial charge in [0.05, 0.1) is 7.11 Å². The molecule has 20 heavy (non-hydrogen) atoms. The highest BCUT2D eigenvalue weighted by atomic mass is 19.4. The van der Waals surface area contributed by atoms with Gasteiger partial charge in [0.1, 0.15) is 6.04 Å². The fourth-order valence-electron chi connectivity index (χ4n) is 1.75. The fourth-order valence-corrected chi connectivity index (χ4v) is 1.75. The number of hydrogen-bond acceptors (Lipinski definition) is 4. The molecule has 0 aromatic rings. The molecule has 0 aliphatic carbocycles. The van der Waals surface area contributed by atoms with Crippen molar-refractivity contribution < 1.29 is 32.6 Å². The van der Waals surface area contributed by atoms with Crippen LogP contribution < -0.4 is 5.32 Å². The Morgan fingerprint density at radius 2 is 1.65 bits per heavy atom. The Hall–Kier alpha value is -1.31. The summed E-state index contributed by atoms with van der Waals surface area (Å²) in [5, 5.41) is 10.4. The second-order valence-electron chi connectivity index (χ2n) is 5.54. The van der Waals surface area contributed by atoms with Gasteiger partial charge in [0.25, 0.3) is 0 Å². The van der Waals surface area contributed by atoms with Crippen LogP contribution in [0.2, 0.25) is 0 Å². The average Bonchev–Trinajstić information content (AvgIpc) is 2.76. The number of methoxy groups -OCH3 is 1. The molecular formula is C12H20F3NO4. The second-order valence-corrected chi connectivity index (χ2v) is 5.54. The van der Waals surface area contributed by atoms with E-state index in [0.717, 1.165) is 12.8 Å². The molecule has 0 amide bonds. The zero-order valence-electron chi connectivity index (χ0n) is 11.9. The monoisotopic (exact) mass is 299 g/mol. The first-order valence-corrected chi connectivity index (χ1v) is 6.03. The lowest BCUT2D eigenvalue weighted by atomic mass is 9.86. The SMILES string of the molecule is COC(=O)[C@@H]1CCC(C(C)(C)C)N1.O=C(O)C(F)(F)F. The van der Waals surface area contributed by atoms with E-state index in [2.05, 4.69) is 26.1 Å². The third-order valence-corrected chi connectivity index (χ3v) is 2.92. The molecule has 1 unspecified atom stereocenters. The van der Waals surface area contributed by atoms with Crippen molar-refractivity contribution in [3.05, 3.63) is 0 Å². The lowest BCUT2D eigenvalue weighted by Crippen LogP contribution is -2.42. The van der Waals surface area contributed by atoms with Crippen molar-refractivity contribution in [1.82, 2.24) is 5.32 Å². The number of nitrogens with one attached hydrogen (secondary N) is 1. The molecule has 2 N–H and O–H groups in total. The van der Waals surface area contributed by atoms with Crippen molar-refractivity contribution in [2.75, 3.05) is 7.11 Å². The molecule has 1 fully saturated rings. The Kier molecular flexibility index (Phi) is 6.46. The standard InChI is InChI=1S/C10H19NO2.C2HF3O2/c1-10(2,3)8-6-5-7(11-8)9(12)13-4;3-2(4,5)1(6)7/h7-8,11H,5-6H2,1-4H3;(H,6,7)/t7-,8?;/m0./s1. The number of aliphatic carboxylic acids is 1. The Bertz CT molecular complexity index is 350. The molecule has 0 spiro atoms. The molecule has 2 atom stereocenters. The van der Waals surface area contributed by atoms with Crippen LogP contribution in [-0.2, 0) is 14.3 Å². The quantitative estimate of drug-likeness (QED) is 0.724. The minimum atomic E-state index is -5.08. The molecule has 0 bridgehead atoms. The van der Waals surface area contributed by atoms with Crippen LogP contribution in [0.15, 0.2) is 0 Å². The van der Waals surface area contributed by atoms with Gasteiger partial charge in [-0.1, -0.05) is 20.8 Å². The van der Waals surface area contributed by atoms with Crippen LogP contribution in [0.1, 0.15) is 33.6 Å². The summed E-state index contributed by atoms with van der Waals surface area (Å²) in [5.74, 6) is -2.89. The highest BCUT2D eigenvalue weighted by Gasteiger charge is 2.38. The normalized spacial score (nSPS) is 22.8. The van der Waals surface area contributed by atoms with E-state index < -0.39 is 12.1 Å². The Morgan fingerprint density at radius 3 is 1.90 bits per heavy atom. The molecule has 118 valence electrons. The number of rotatable bonds is 1. The van der Waals surface area contributed by atoms with Crippen molar-refractivity contribution in [3.63, 3.8) is 0 Å². The molecular weight excluding hydrogens is 279 g/mol. The minimum Gasteiger partial charge on any atom is -0.475 e. The van der Waals surface area contributed by atoms with E-state index in [4.69, 9.17) is 14.6 Å². The number of halogens is 3. The van der Waals surface area contributed by atoms with E-state index in [9.17, 15) is 18.0 Å². The summed E-state index contributed by atoms with van der Waals surface area (Å²) in [7, 11) is 1.44. The van der Waals surface area contributed by atoms with E-state index in [-0.39, 0.29) is 17.4 Å². The van der Waals surface area contributed by atoms with Crippen LogP contribution in [-0.4, -0.2) is 42.4 Å². The molecule has 8 heteroatoms. The zero-order valence-corrected chi connectivity index (χ0v) is 11.9. The van der Waals surface area contributed by atoms with Crippen molar-refractivity contribution in [1.29, 1.82) is 0 Å². The molecule has 1 saturated heterocycles. The number of carbonyl (C=O) groups is 2. The highest BCUT2D eigenvalue weighted by molar-refractivity contribution is 5.76. The average molecular weight is 299 g/mol. The first kappa shape index (κ1) is 18.7. The van der Waals surface area contributed by atoms with Gasteiger partial charge in [0.15, 0.2) is 0 Å². The van der Waals surface area contributed by atoms with Crippen LogP contribution in [0.5, 0.6) is 0 Å². The maximum absolute atomic E-state index is 11.2. The predicted octanol–water partition coefficient (Wildman–Crippen LogP) is 1.96. The summed E-state index contributed by atoms with van der Waals surface area (Å²) in [5.41, 5.74) is 0.225. The molecule has 0 aromatic heterocycles. The number of carboxylic acid groups (broad SMARTS) is 1. The van der Waals surface area contributed by atoms with Crippen molar-refractivity contribution in [2.45, 2.75) is 51.9 Å². The highest BCUT2D eigenvalue weighted by Crippen LogP contribution is 2.28. The van der Waals surface area contributed by atoms with E-state index in [1.54, 1.807) is 0 Å². The summed E-state index contributed by atoms with van der Waals surface area (Å²) in [6.45, 7) is 6.55. The molecule has 0 radical (unpaired) electrons. The van der Waals surface area contributed by atoms with Gasteiger partial charge in [0.2, 0.25) is 0 Å². The molecule has 0 saturated carbocycles. The number of carbonyl (C=O) groups excluding carboxylic acids is 1. The van der Waals surface area contributed by atoms with Crippen LogP contribution >= 0.6 is 0 Å². The van der Waals surface area contributed by atoms with Gasteiger partial charge in [-0.3, -0.25) is 4.79 Å². The predicted molar refractivity (Wildman–Crippen MR) is 65.1 cm³/mol. The van der Waals surface area contributed by atoms with Crippen molar-refractivity contribution in [2.24, 2.45) is 5.41 Å². The van der Waals surface area contributed by atoms with E-state index in [0.29, 0.717) is 6.04 Å². The Labute approximate surface area is 115 Å². The summed E-state index contributed by atoms with van der Waals surface area (Å²) >= 11 is 0. The van der Waals surface area contributed by atoms with Crippen LogP contribution in [0, 0.1) is 5.41 Å². The lowest BCUT2D eigenvalue weighted by molar-refractivity contribution is -0.192. The summed E-state index contributed by atoms with van der Waals surface area (Å²) in [6.07, 6.45) is -3.13. The number of carboxylic acids is 1. The number of ether oxygens (including phenoxy) is 1. The largest absolute Gasteiger partial charge is 0.490 e. The molecule has 1 aliphatic heterocycles. The molecule has 1 heterocycles. The van der Waals surface area contributed by atoms with Crippen LogP contribution in [0.3, 0.4) is 0 Å². The first-order valence-electron chi connectivity index (χ1n) is 6.03. The Balaban J connectivity index is 0.000000441. The van der Waals surface area contributed by atoms with E-state index >= 15 is 0 Å². The summed E-state index contributed by atoms with van der Waals surface area (Å²) in [4.78, 5) is 20.1. The maximum atomic E-state index is 11.2. The van der Waals surface area contributed by atoms with Gasteiger partial charge in [-0.2, -0.15) is 13.2 Å². The molecule has 1 aliphatic rings. The minimum absolute atomic E-state index is 0.0887. The lowest BCUT2D eigenvalue weighted by Gasteiger charge is -2.27. The van der Waals surface area contributed by atoms with Crippen molar-refractivity contribution >= 4 is 11.9 Å². The molecule has 5 nitrogen and oxygen atoms in total. The van der Waals surface area contributed by atoms with Gasteiger partial charge in [0, 0.05) is 6.04 Å². The van der Waals surface area contributed by atoms with Gasteiger partial charge >= 0.3 is 18.1 Å². The zero-order chi connectivity index (χ0) is 16.1. The van der Waals surface area contributed by atoms with Crippen LogP contribution in [0.4, 0.5) is 13.2 Å². The van der Waals surface area contributed by atoms with Gasteiger partial charge in [-0.15, -0.1) is 0 Å². The Morgan fingerprint density at radius 1 is 1.20 bits per heavy atom. The van der Waals surface area contributed by atoms with Crippen molar-refractivity contribution in [3.8, 4) is 0 Å².